The number of fused-ring (bicyclic) bond motifs is 2. The molecule has 5 nitrogen and oxygen atoms in total. The Bertz CT molecular complexity index is 691. The lowest BCUT2D eigenvalue weighted by atomic mass is 9.99. The molecular formula is C19H22O5. The summed E-state index contributed by atoms with van der Waals surface area (Å²) in [4.78, 5) is 12.5. The van der Waals surface area contributed by atoms with Crippen LogP contribution < -0.4 is 0 Å². The van der Waals surface area contributed by atoms with Gasteiger partial charge < -0.3 is 20.1 Å². The molecule has 1 aromatic carbocycles. The van der Waals surface area contributed by atoms with Gasteiger partial charge in [-0.15, -0.1) is 0 Å². The molecule has 0 saturated heterocycles. The van der Waals surface area contributed by atoms with Crippen LogP contribution in [0.2, 0.25) is 0 Å². The van der Waals surface area contributed by atoms with Gasteiger partial charge in [-0.1, -0.05) is 24.3 Å². The normalized spacial score (nSPS) is 31.3. The number of phenolic OH excluding ortho intramolecular Hbond substituents is 2. The van der Waals surface area contributed by atoms with E-state index < -0.39 is 12.1 Å². The molecule has 1 heterocycles. The highest BCUT2D eigenvalue weighted by Gasteiger charge is 2.36. The molecule has 0 unspecified atom stereocenters. The molecule has 2 aliphatic rings. The van der Waals surface area contributed by atoms with Gasteiger partial charge in [0.05, 0.1) is 12.2 Å². The molecule has 0 radical (unpaired) electrons. The summed E-state index contributed by atoms with van der Waals surface area (Å²) in [6.45, 7) is 1.84. The van der Waals surface area contributed by atoms with Gasteiger partial charge in [0.2, 0.25) is 0 Å². The SMILES string of the molecule is C[C@@H]1C[C@H]2C[C@@H]2/C=C/C=C[C@H](O)Cc2cc(O)cc(O)c2C(=O)O1. The van der Waals surface area contributed by atoms with E-state index in [0.717, 1.165) is 18.9 Å². The Hall–Kier alpha value is -2.27. The van der Waals surface area contributed by atoms with Gasteiger partial charge in [0.1, 0.15) is 17.1 Å². The number of esters is 1. The zero-order chi connectivity index (χ0) is 17.3. The van der Waals surface area contributed by atoms with E-state index in [-0.39, 0.29) is 29.6 Å². The first-order chi connectivity index (χ1) is 11.4. The standard InChI is InChI=1S/C19H22O5/c1-11-6-13-7-12(13)4-2-3-5-15(20)8-14-9-16(21)10-17(22)18(14)19(23)24-11/h2-5,9-13,15,20-22H,6-8H2,1H3/b4-2+,5-3?/t11-,12+,13+,15+/m1/s1. The van der Waals surface area contributed by atoms with Crippen LogP contribution in [0.1, 0.15) is 35.7 Å². The number of aliphatic hydroxyl groups is 1. The zero-order valence-corrected chi connectivity index (χ0v) is 13.6. The molecule has 4 atom stereocenters. The zero-order valence-electron chi connectivity index (χ0n) is 13.6. The quantitative estimate of drug-likeness (QED) is 0.637. The molecule has 1 saturated carbocycles. The van der Waals surface area contributed by atoms with Crippen LogP contribution in [0.15, 0.2) is 36.4 Å². The van der Waals surface area contributed by atoms with Gasteiger partial charge in [0.15, 0.2) is 0 Å². The minimum Gasteiger partial charge on any atom is -0.508 e. The van der Waals surface area contributed by atoms with E-state index in [0.29, 0.717) is 17.4 Å². The molecule has 0 aromatic heterocycles. The fourth-order valence-electron chi connectivity index (χ4n) is 3.25. The first-order valence-electron chi connectivity index (χ1n) is 8.23. The van der Waals surface area contributed by atoms with E-state index in [4.69, 9.17) is 4.74 Å². The third-order valence-corrected chi connectivity index (χ3v) is 4.54. The average Bonchev–Trinajstić information content (AvgIpc) is 3.19. The highest BCUT2D eigenvalue weighted by atomic mass is 16.5. The number of cyclic esters (lactones) is 1. The first-order valence-corrected chi connectivity index (χ1v) is 8.23. The van der Waals surface area contributed by atoms with Crippen LogP contribution in [0.4, 0.5) is 0 Å². The van der Waals surface area contributed by atoms with Crippen LogP contribution in [0.3, 0.4) is 0 Å². The van der Waals surface area contributed by atoms with E-state index in [9.17, 15) is 20.1 Å². The van der Waals surface area contributed by atoms with Gasteiger partial charge in [0, 0.05) is 12.5 Å². The Kier molecular flexibility index (Phi) is 4.62. The number of hydrogen-bond donors (Lipinski definition) is 3. The average molecular weight is 330 g/mol. The fraction of sp³-hybridized carbons (Fsp3) is 0.421. The number of allylic oxidation sites excluding steroid dienone is 3. The molecular weight excluding hydrogens is 308 g/mol. The maximum absolute atomic E-state index is 12.5. The topological polar surface area (TPSA) is 87.0 Å². The highest BCUT2D eigenvalue weighted by molar-refractivity contribution is 5.94. The summed E-state index contributed by atoms with van der Waals surface area (Å²) in [5.74, 6) is -0.137. The van der Waals surface area contributed by atoms with Gasteiger partial charge in [-0.05, 0) is 43.2 Å². The van der Waals surface area contributed by atoms with E-state index >= 15 is 0 Å². The lowest BCUT2D eigenvalue weighted by molar-refractivity contribution is 0.0306. The van der Waals surface area contributed by atoms with Gasteiger partial charge in [-0.3, -0.25) is 0 Å². The number of phenols is 2. The Morgan fingerprint density at radius 2 is 1.88 bits per heavy atom. The molecule has 1 aliphatic heterocycles. The molecule has 0 amide bonds. The molecule has 1 aliphatic carbocycles. The summed E-state index contributed by atoms with van der Waals surface area (Å²) < 4.78 is 5.47. The Balaban J connectivity index is 1.94. The number of carbonyl (C=O) groups excluding carboxylic acids is 1. The van der Waals surface area contributed by atoms with Crippen molar-refractivity contribution in [2.45, 2.75) is 38.4 Å². The van der Waals surface area contributed by atoms with Gasteiger partial charge in [0.25, 0.3) is 0 Å². The molecule has 0 bridgehead atoms. The van der Waals surface area contributed by atoms with Gasteiger partial charge in [-0.25, -0.2) is 4.79 Å². The second kappa shape index (κ2) is 6.69. The summed E-state index contributed by atoms with van der Waals surface area (Å²) in [6.07, 6.45) is 8.30. The minimum atomic E-state index is -0.835. The number of aliphatic hydroxyl groups excluding tert-OH is 1. The van der Waals surface area contributed by atoms with E-state index in [1.807, 2.05) is 13.0 Å². The Morgan fingerprint density at radius 1 is 1.12 bits per heavy atom. The van der Waals surface area contributed by atoms with Gasteiger partial charge >= 0.3 is 5.97 Å². The van der Waals surface area contributed by atoms with Crippen LogP contribution in [-0.4, -0.2) is 33.5 Å². The molecule has 1 fully saturated rings. The maximum Gasteiger partial charge on any atom is 0.342 e. The summed E-state index contributed by atoms with van der Waals surface area (Å²) in [5.41, 5.74) is 0.360. The Morgan fingerprint density at radius 3 is 2.67 bits per heavy atom. The molecule has 128 valence electrons. The molecule has 5 heteroatoms. The van der Waals surface area contributed by atoms with Crippen molar-refractivity contribution in [3.63, 3.8) is 0 Å². The fourth-order valence-corrected chi connectivity index (χ4v) is 3.25. The van der Waals surface area contributed by atoms with Crippen molar-refractivity contribution in [2.75, 3.05) is 0 Å². The lowest BCUT2D eigenvalue weighted by Crippen LogP contribution is -2.19. The molecule has 0 spiro atoms. The smallest absolute Gasteiger partial charge is 0.342 e. The van der Waals surface area contributed by atoms with E-state index in [1.54, 1.807) is 12.2 Å². The summed E-state index contributed by atoms with van der Waals surface area (Å²) >= 11 is 0. The largest absolute Gasteiger partial charge is 0.508 e. The third kappa shape index (κ3) is 3.79. The van der Waals surface area contributed by atoms with Crippen molar-refractivity contribution in [1.82, 2.24) is 0 Å². The van der Waals surface area contributed by atoms with E-state index in [2.05, 4.69) is 6.08 Å². The molecule has 1 aromatic rings. The predicted octanol–water partition coefficient (Wildman–Crippen LogP) is 2.70. The van der Waals surface area contributed by atoms with Crippen molar-refractivity contribution in [3.8, 4) is 11.5 Å². The number of benzene rings is 1. The maximum atomic E-state index is 12.5. The summed E-state index contributed by atoms with van der Waals surface area (Å²) in [6, 6.07) is 2.48. The second-order valence-corrected chi connectivity index (χ2v) is 6.65. The van der Waals surface area contributed by atoms with Gasteiger partial charge in [-0.2, -0.15) is 0 Å². The summed E-state index contributed by atoms with van der Waals surface area (Å²) in [5, 5.41) is 29.9. The molecule has 24 heavy (non-hydrogen) atoms. The molecule has 3 rings (SSSR count). The first kappa shape index (κ1) is 16.6. The van der Waals surface area contributed by atoms with Crippen molar-refractivity contribution >= 4 is 5.97 Å². The number of rotatable bonds is 0. The Labute approximate surface area is 140 Å². The minimum absolute atomic E-state index is 0.00653. The highest BCUT2D eigenvalue weighted by Crippen LogP contribution is 2.43. The van der Waals surface area contributed by atoms with Crippen molar-refractivity contribution in [2.24, 2.45) is 11.8 Å². The number of aromatic hydroxyl groups is 2. The van der Waals surface area contributed by atoms with Crippen LogP contribution in [0, 0.1) is 11.8 Å². The second-order valence-electron chi connectivity index (χ2n) is 6.65. The van der Waals surface area contributed by atoms with Crippen molar-refractivity contribution in [1.29, 1.82) is 0 Å². The monoisotopic (exact) mass is 330 g/mol. The number of hydrogen-bond acceptors (Lipinski definition) is 5. The van der Waals surface area contributed by atoms with Crippen LogP contribution in [0.25, 0.3) is 0 Å². The summed E-state index contributed by atoms with van der Waals surface area (Å²) in [7, 11) is 0. The number of carbonyl (C=O) groups is 1. The van der Waals surface area contributed by atoms with E-state index in [1.165, 1.54) is 6.07 Å². The predicted molar refractivity (Wildman–Crippen MR) is 88.9 cm³/mol. The van der Waals surface area contributed by atoms with Crippen LogP contribution in [-0.2, 0) is 11.2 Å². The molecule has 3 N–H and O–H groups in total. The van der Waals surface area contributed by atoms with Crippen LogP contribution in [0.5, 0.6) is 11.5 Å². The van der Waals surface area contributed by atoms with Crippen molar-refractivity contribution < 1.29 is 24.9 Å². The number of ether oxygens (including phenoxy) is 1. The van der Waals surface area contributed by atoms with Crippen molar-refractivity contribution in [3.05, 3.63) is 47.6 Å². The lowest BCUT2D eigenvalue weighted by Gasteiger charge is -2.17. The van der Waals surface area contributed by atoms with Crippen LogP contribution >= 0.6 is 0 Å². The third-order valence-electron chi connectivity index (χ3n) is 4.54.